The molecule has 6 nitrogen and oxygen atoms in total. The zero-order valence-electron chi connectivity index (χ0n) is 28.4. The Morgan fingerprint density at radius 1 is 0.915 bits per heavy atom. The largest absolute Gasteiger partial charge is 0.394 e. The molecule has 2 aromatic rings. The summed E-state index contributed by atoms with van der Waals surface area (Å²) in [6.07, 6.45) is 12.2. The molecule has 0 heterocycles. The molecule has 6 aliphatic rings. The van der Waals surface area contributed by atoms with Crippen LogP contribution in [0.2, 0.25) is 0 Å². The fourth-order valence-electron chi connectivity index (χ4n) is 11.5. The Labute approximate surface area is 280 Å². The van der Waals surface area contributed by atoms with Crippen molar-refractivity contribution in [1.82, 2.24) is 4.90 Å². The van der Waals surface area contributed by atoms with Crippen molar-refractivity contribution in [2.45, 2.75) is 89.9 Å². The third kappa shape index (κ3) is 4.80. The van der Waals surface area contributed by atoms with Gasteiger partial charge >= 0.3 is 0 Å². The van der Waals surface area contributed by atoms with Gasteiger partial charge in [-0.05, 0) is 86.3 Å². The number of aliphatic hydroxyl groups is 4. The fourth-order valence-corrected chi connectivity index (χ4v) is 11.5. The lowest BCUT2D eigenvalue weighted by molar-refractivity contribution is -0.177. The van der Waals surface area contributed by atoms with Gasteiger partial charge in [0, 0.05) is 40.5 Å². The lowest BCUT2D eigenvalue weighted by Crippen LogP contribution is -2.67. The van der Waals surface area contributed by atoms with Gasteiger partial charge in [0.2, 0.25) is 0 Å². The molecule has 3 fully saturated rings. The summed E-state index contributed by atoms with van der Waals surface area (Å²) in [6.45, 7) is 7.98. The third-order valence-electron chi connectivity index (χ3n) is 13.9. The molecule has 9 atom stereocenters. The van der Waals surface area contributed by atoms with Crippen molar-refractivity contribution in [2.24, 2.45) is 33.5 Å². The summed E-state index contributed by atoms with van der Waals surface area (Å²) in [5, 5.41) is 43.6. The molecule has 252 valence electrons. The Balaban J connectivity index is 1.30. The molecular formula is C41H53NO5. The van der Waals surface area contributed by atoms with E-state index in [-0.39, 0.29) is 41.2 Å². The first-order chi connectivity index (χ1) is 22.5. The second-order valence-corrected chi connectivity index (χ2v) is 16.2. The molecule has 9 unspecified atom stereocenters. The van der Waals surface area contributed by atoms with Crippen LogP contribution in [0.4, 0.5) is 0 Å². The molecule has 3 saturated carbocycles. The number of carbonyl (C=O) groups is 1. The van der Waals surface area contributed by atoms with Crippen LogP contribution in [0.5, 0.6) is 0 Å². The van der Waals surface area contributed by atoms with Gasteiger partial charge in [0.15, 0.2) is 5.78 Å². The van der Waals surface area contributed by atoms with Crippen LogP contribution in [0, 0.1) is 33.5 Å². The van der Waals surface area contributed by atoms with Crippen LogP contribution in [-0.2, 0) is 0 Å². The van der Waals surface area contributed by atoms with E-state index in [2.05, 4.69) is 56.0 Å². The van der Waals surface area contributed by atoms with Gasteiger partial charge in [0.25, 0.3) is 0 Å². The minimum atomic E-state index is -0.989. The van der Waals surface area contributed by atoms with Gasteiger partial charge < -0.3 is 20.4 Å². The number of Topliss-reactive ketones (excluding diaryl/α,β-unsaturated/α-hetero) is 1. The third-order valence-corrected chi connectivity index (χ3v) is 13.9. The maximum absolute atomic E-state index is 14.9. The van der Waals surface area contributed by atoms with Crippen LogP contribution < -0.4 is 0 Å². The first-order valence-corrected chi connectivity index (χ1v) is 18.0. The van der Waals surface area contributed by atoms with Gasteiger partial charge in [-0.2, -0.15) is 0 Å². The summed E-state index contributed by atoms with van der Waals surface area (Å²) in [6, 6.07) is 18.3. The number of benzene rings is 2. The SMILES string of the molecule is CCCN(CC(O)CO)CC1(O)CCC2C34C=CC5(C=C3C(=O)c3ccc(-c6ccccc6)cc3)CC(O)CCC5(C)C4CCC21C. The van der Waals surface area contributed by atoms with Crippen molar-refractivity contribution in [3.8, 4) is 11.1 Å². The number of nitrogens with zero attached hydrogens (tertiary/aromatic N) is 1. The van der Waals surface area contributed by atoms with Crippen LogP contribution >= 0.6 is 0 Å². The molecule has 6 heteroatoms. The second-order valence-electron chi connectivity index (χ2n) is 16.2. The van der Waals surface area contributed by atoms with E-state index in [0.29, 0.717) is 31.5 Å². The summed E-state index contributed by atoms with van der Waals surface area (Å²) in [7, 11) is 0. The average Bonchev–Trinajstić information content (AvgIpc) is 3.34. The van der Waals surface area contributed by atoms with E-state index >= 15 is 0 Å². The quantitative estimate of drug-likeness (QED) is 0.183. The minimum Gasteiger partial charge on any atom is -0.394 e. The molecule has 0 radical (unpaired) electrons. The molecular weight excluding hydrogens is 586 g/mol. The topological polar surface area (TPSA) is 101 Å². The monoisotopic (exact) mass is 639 g/mol. The molecule has 2 aromatic carbocycles. The number of fused-ring (bicyclic) bond motifs is 1. The molecule has 47 heavy (non-hydrogen) atoms. The Morgan fingerprint density at radius 3 is 2.28 bits per heavy atom. The van der Waals surface area contributed by atoms with Crippen molar-refractivity contribution >= 4 is 5.78 Å². The fraction of sp³-hybridized carbons (Fsp3) is 0.585. The first-order valence-electron chi connectivity index (χ1n) is 18.0. The van der Waals surface area contributed by atoms with Crippen molar-refractivity contribution in [1.29, 1.82) is 0 Å². The number of hydrogen-bond acceptors (Lipinski definition) is 6. The number of ketones is 1. The highest BCUT2D eigenvalue weighted by molar-refractivity contribution is 6.10. The number of hydrogen-bond donors (Lipinski definition) is 4. The maximum atomic E-state index is 14.9. The molecule has 0 aromatic heterocycles. The Kier molecular flexibility index (Phi) is 8.24. The van der Waals surface area contributed by atoms with Crippen LogP contribution in [-0.4, -0.2) is 75.2 Å². The summed E-state index contributed by atoms with van der Waals surface area (Å²) >= 11 is 0. The summed E-state index contributed by atoms with van der Waals surface area (Å²) in [4.78, 5) is 17.1. The Bertz CT molecular complexity index is 1550. The van der Waals surface area contributed by atoms with Crippen LogP contribution in [0.15, 0.2) is 78.4 Å². The molecule has 2 spiro atoms. The van der Waals surface area contributed by atoms with E-state index in [4.69, 9.17) is 0 Å². The van der Waals surface area contributed by atoms with E-state index in [1.807, 2.05) is 42.5 Å². The molecule has 8 rings (SSSR count). The van der Waals surface area contributed by atoms with Gasteiger partial charge in [-0.15, -0.1) is 0 Å². The highest BCUT2D eigenvalue weighted by Crippen LogP contribution is 2.78. The van der Waals surface area contributed by atoms with Crippen LogP contribution in [0.3, 0.4) is 0 Å². The van der Waals surface area contributed by atoms with Gasteiger partial charge in [-0.3, -0.25) is 9.69 Å². The average molecular weight is 640 g/mol. The lowest BCUT2D eigenvalue weighted by Gasteiger charge is -2.71. The van der Waals surface area contributed by atoms with Crippen molar-refractivity contribution in [3.05, 3.63) is 84.0 Å². The Hall–Kier alpha value is -2.61. The Morgan fingerprint density at radius 2 is 1.57 bits per heavy atom. The number of allylic oxidation sites excluding steroid dienone is 4. The minimum absolute atomic E-state index is 0.0683. The van der Waals surface area contributed by atoms with Crippen molar-refractivity contribution < 1.29 is 25.2 Å². The molecule has 2 bridgehead atoms. The van der Waals surface area contributed by atoms with Gasteiger partial charge in [0.1, 0.15) is 0 Å². The number of rotatable bonds is 10. The van der Waals surface area contributed by atoms with Crippen molar-refractivity contribution in [2.75, 3.05) is 26.2 Å². The second kappa shape index (κ2) is 11.8. The zero-order chi connectivity index (χ0) is 33.2. The predicted molar refractivity (Wildman–Crippen MR) is 185 cm³/mol. The molecule has 0 saturated heterocycles. The summed E-state index contributed by atoms with van der Waals surface area (Å²) in [5.41, 5.74) is 1.36. The van der Waals surface area contributed by atoms with E-state index in [1.165, 1.54) is 0 Å². The van der Waals surface area contributed by atoms with Crippen molar-refractivity contribution in [3.63, 3.8) is 0 Å². The van der Waals surface area contributed by atoms with Crippen LogP contribution in [0.25, 0.3) is 11.1 Å². The zero-order valence-corrected chi connectivity index (χ0v) is 28.4. The van der Waals surface area contributed by atoms with E-state index in [9.17, 15) is 25.2 Å². The van der Waals surface area contributed by atoms with Gasteiger partial charge in [-0.1, -0.05) is 93.6 Å². The lowest BCUT2D eigenvalue weighted by atomic mass is 9.32. The van der Waals surface area contributed by atoms with E-state index < -0.39 is 22.5 Å². The number of aliphatic hydroxyl groups excluding tert-OH is 3. The molecule has 6 aliphatic carbocycles. The number of carbonyl (C=O) groups excluding carboxylic acids is 1. The van der Waals surface area contributed by atoms with E-state index in [1.54, 1.807) is 0 Å². The molecule has 4 N–H and O–H groups in total. The van der Waals surface area contributed by atoms with E-state index in [0.717, 1.165) is 61.8 Å². The standard InChI is InChI=1S/C41H53NO5/c1-4-22-42(25-32(45)26-43)27-40(47)19-16-35-38(40,3)18-15-34-37(2)17-14-31(44)23-39(37)20-21-41(34,35)33(24-39)36(46)30-12-10-29(11-13-30)28-8-6-5-7-9-28/h5-13,20-21,24,31-32,34-35,43-45,47H,4,14-19,22-23,25-27H2,1-3H3. The summed E-state index contributed by atoms with van der Waals surface area (Å²) < 4.78 is 0. The van der Waals surface area contributed by atoms with Gasteiger partial charge in [0.05, 0.1) is 24.4 Å². The predicted octanol–water partition coefficient (Wildman–Crippen LogP) is 6.19. The maximum Gasteiger partial charge on any atom is 0.189 e. The first kappa shape index (κ1) is 32.9. The molecule has 0 aliphatic heterocycles. The van der Waals surface area contributed by atoms with Gasteiger partial charge in [-0.25, -0.2) is 0 Å². The molecule has 0 amide bonds. The summed E-state index contributed by atoms with van der Waals surface area (Å²) in [5.74, 6) is 0.379. The normalized spacial score (nSPS) is 39.2. The highest BCUT2D eigenvalue weighted by Gasteiger charge is 2.74. The smallest absolute Gasteiger partial charge is 0.189 e. The highest BCUT2D eigenvalue weighted by atomic mass is 16.3. The van der Waals surface area contributed by atoms with Crippen LogP contribution in [0.1, 0.15) is 82.5 Å².